The fraction of sp³-hybridized carbons (Fsp3) is 0.579. The zero-order chi connectivity index (χ0) is 39.7. The van der Waals surface area contributed by atoms with Gasteiger partial charge in [-0.15, -0.1) is 0 Å². The van der Waals surface area contributed by atoms with Crippen LogP contribution in [0.15, 0.2) is 36.9 Å². The number of amides is 6. The topological polar surface area (TPSA) is 210 Å². The standard InChI is InChI=1S/C38H50N6O10S/c1-5-31(45)39-18-29-33(47)44-20-26(15-30(44)32(46)41-38(16-23(2)17-38)34(48)42-55(51,52)27-12-13-27)54-36(50)43-19-25-11-8-10-24(28(25)21-43)9-6-7-14-37(3,4)22-53-35(49)40-29/h5-6,8-11,23,26-27,29-30H,1,7,12-22H2,2-4H3,(H,39,45)(H,40,49)(H,41,46)(H,42,48). The smallest absolute Gasteiger partial charge is 0.410 e. The lowest BCUT2D eigenvalue weighted by atomic mass is 9.68. The average Bonchev–Trinajstić information content (AvgIpc) is 3.77. The van der Waals surface area contributed by atoms with Crippen LogP contribution in [0.4, 0.5) is 9.59 Å². The van der Waals surface area contributed by atoms with Crippen LogP contribution >= 0.6 is 0 Å². The summed E-state index contributed by atoms with van der Waals surface area (Å²) in [5, 5.41) is 7.12. The summed E-state index contributed by atoms with van der Waals surface area (Å²) in [6.45, 7) is 9.16. The molecule has 6 amide bonds. The van der Waals surface area contributed by atoms with E-state index in [-0.39, 0.29) is 44.9 Å². The van der Waals surface area contributed by atoms with Gasteiger partial charge in [-0.25, -0.2) is 18.0 Å². The summed E-state index contributed by atoms with van der Waals surface area (Å²) in [5.74, 6) is -3.02. The first-order chi connectivity index (χ1) is 26.0. The van der Waals surface area contributed by atoms with Crippen LogP contribution < -0.4 is 20.7 Å². The summed E-state index contributed by atoms with van der Waals surface area (Å²) in [4.78, 5) is 83.8. The summed E-state index contributed by atoms with van der Waals surface area (Å²) in [6.07, 6.45) is 4.90. The van der Waals surface area contributed by atoms with Crippen LogP contribution in [-0.2, 0) is 51.8 Å². The lowest BCUT2D eigenvalue weighted by molar-refractivity contribution is -0.144. The number of carbonyl (C=O) groups excluding carboxylic acids is 6. The number of rotatable bonds is 8. The van der Waals surface area contributed by atoms with Gasteiger partial charge >= 0.3 is 12.2 Å². The Bertz CT molecular complexity index is 1890. The van der Waals surface area contributed by atoms with Crippen molar-refractivity contribution in [3.63, 3.8) is 0 Å². The Balaban J connectivity index is 1.29. The van der Waals surface area contributed by atoms with Crippen LogP contribution in [0.3, 0.4) is 0 Å². The number of alkyl carbamates (subject to hydrolysis) is 1. The Hall–Kier alpha value is -4.93. The molecule has 2 aliphatic carbocycles. The van der Waals surface area contributed by atoms with Crippen LogP contribution in [-0.4, -0.2) is 103 Å². The molecule has 16 nitrogen and oxygen atoms in total. The van der Waals surface area contributed by atoms with Gasteiger partial charge in [0, 0.05) is 19.5 Å². The molecular weight excluding hydrogens is 733 g/mol. The van der Waals surface area contributed by atoms with E-state index in [2.05, 4.69) is 27.3 Å². The number of cyclic esters (lactones) is 1. The lowest BCUT2D eigenvalue weighted by Gasteiger charge is -2.46. The van der Waals surface area contributed by atoms with E-state index in [1.165, 1.54) is 0 Å². The number of ether oxygens (including phenoxy) is 2. The van der Waals surface area contributed by atoms with Crippen molar-refractivity contribution >= 4 is 51.9 Å². The Kier molecular flexibility index (Phi) is 11.3. The van der Waals surface area contributed by atoms with Crippen LogP contribution in [0.2, 0.25) is 0 Å². The Labute approximate surface area is 320 Å². The van der Waals surface area contributed by atoms with Crippen molar-refractivity contribution in [2.75, 3.05) is 19.7 Å². The van der Waals surface area contributed by atoms with E-state index < -0.39 is 80.2 Å². The van der Waals surface area contributed by atoms with Gasteiger partial charge in [-0.2, -0.15) is 0 Å². The van der Waals surface area contributed by atoms with E-state index in [1.807, 2.05) is 51.1 Å². The van der Waals surface area contributed by atoms with Crippen molar-refractivity contribution in [3.05, 3.63) is 53.6 Å². The molecule has 3 heterocycles. The highest BCUT2D eigenvalue weighted by atomic mass is 32.2. The van der Waals surface area contributed by atoms with E-state index in [1.54, 1.807) is 4.90 Å². The van der Waals surface area contributed by atoms with Gasteiger partial charge in [-0.05, 0) is 72.6 Å². The van der Waals surface area contributed by atoms with E-state index >= 15 is 0 Å². The van der Waals surface area contributed by atoms with Gasteiger partial charge in [0.2, 0.25) is 27.7 Å². The Morgan fingerprint density at radius 2 is 1.85 bits per heavy atom. The maximum absolute atomic E-state index is 14.4. The third-order valence-corrected chi connectivity index (χ3v) is 12.7. The van der Waals surface area contributed by atoms with Crippen LogP contribution in [0.1, 0.15) is 82.4 Å². The molecule has 55 heavy (non-hydrogen) atoms. The zero-order valence-corrected chi connectivity index (χ0v) is 32.2. The van der Waals surface area contributed by atoms with E-state index in [0.29, 0.717) is 38.8 Å². The van der Waals surface area contributed by atoms with Gasteiger partial charge in [0.15, 0.2) is 0 Å². The van der Waals surface area contributed by atoms with Crippen LogP contribution in [0.25, 0.3) is 6.08 Å². The third kappa shape index (κ3) is 9.14. The fourth-order valence-corrected chi connectivity index (χ4v) is 9.06. The van der Waals surface area contributed by atoms with Crippen molar-refractivity contribution in [2.24, 2.45) is 11.3 Å². The number of nitrogens with one attached hydrogen (secondary N) is 4. The van der Waals surface area contributed by atoms with Gasteiger partial charge in [-0.1, -0.05) is 57.7 Å². The second kappa shape index (κ2) is 15.7. The molecular formula is C38H50N6O10S. The zero-order valence-electron chi connectivity index (χ0n) is 31.4. The van der Waals surface area contributed by atoms with Crippen molar-refractivity contribution in [1.29, 1.82) is 0 Å². The second-order valence-electron chi connectivity index (χ2n) is 16.2. The molecule has 298 valence electrons. The predicted octanol–water partition coefficient (Wildman–Crippen LogP) is 2.23. The maximum Gasteiger partial charge on any atom is 0.410 e. The number of nitrogens with zero attached hydrogens (tertiary/aromatic N) is 2. The maximum atomic E-state index is 14.4. The number of allylic oxidation sites excluding steroid dienone is 1. The first kappa shape index (κ1) is 39.8. The van der Waals surface area contributed by atoms with Crippen molar-refractivity contribution < 1.29 is 46.7 Å². The average molecular weight is 783 g/mol. The number of sulfonamides is 1. The number of fused-ring (bicyclic) bond motifs is 3. The first-order valence-corrected chi connectivity index (χ1v) is 20.3. The van der Waals surface area contributed by atoms with Gasteiger partial charge < -0.3 is 30.3 Å². The number of carbonyl (C=O) groups is 6. The normalized spacial score (nSPS) is 28.2. The molecule has 4 N–H and O–H groups in total. The first-order valence-electron chi connectivity index (χ1n) is 18.7. The SMILES string of the molecule is C=CC(=O)NCC1NC(=O)OCC(C)(C)CCC=Cc2cccc3c2CN(C3)C(=O)OC2CC(C(=O)NC3(C(=O)NS(=O)(=O)C4CC4)CC(C)C3)N(C2)C1=O. The Morgan fingerprint density at radius 3 is 2.55 bits per heavy atom. The van der Waals surface area contributed by atoms with E-state index in [9.17, 15) is 37.2 Å². The molecule has 5 aliphatic rings. The molecule has 6 rings (SSSR count). The summed E-state index contributed by atoms with van der Waals surface area (Å²) >= 11 is 0. The molecule has 17 heteroatoms. The highest BCUT2D eigenvalue weighted by molar-refractivity contribution is 7.91. The number of hydrogen-bond donors (Lipinski definition) is 4. The van der Waals surface area contributed by atoms with Crippen molar-refractivity contribution in [2.45, 2.75) is 108 Å². The molecule has 0 radical (unpaired) electrons. The molecule has 0 aromatic heterocycles. The summed E-state index contributed by atoms with van der Waals surface area (Å²) in [6, 6.07) is 3.12. The summed E-state index contributed by atoms with van der Waals surface area (Å²) in [5.41, 5.74) is 0.924. The molecule has 1 aromatic carbocycles. The monoisotopic (exact) mass is 782 g/mol. The van der Waals surface area contributed by atoms with E-state index in [4.69, 9.17) is 9.47 Å². The minimum absolute atomic E-state index is 0.00652. The molecule has 4 bridgehead atoms. The molecule has 3 fully saturated rings. The lowest BCUT2D eigenvalue weighted by Crippen LogP contribution is -2.68. The molecule has 2 saturated carbocycles. The summed E-state index contributed by atoms with van der Waals surface area (Å²) < 4.78 is 39.0. The van der Waals surface area contributed by atoms with Gasteiger partial charge in [0.25, 0.3) is 5.91 Å². The van der Waals surface area contributed by atoms with Crippen LogP contribution in [0.5, 0.6) is 0 Å². The largest absolute Gasteiger partial charge is 0.449 e. The second-order valence-corrected chi connectivity index (χ2v) is 18.1. The van der Waals surface area contributed by atoms with Gasteiger partial charge in [0.05, 0.1) is 24.9 Å². The molecule has 1 aromatic rings. The van der Waals surface area contributed by atoms with Gasteiger partial charge in [0.1, 0.15) is 23.7 Å². The van der Waals surface area contributed by atoms with Crippen molar-refractivity contribution in [3.8, 4) is 0 Å². The quantitative estimate of drug-likeness (QED) is 0.283. The molecule has 3 unspecified atom stereocenters. The van der Waals surface area contributed by atoms with Crippen LogP contribution in [0, 0.1) is 11.3 Å². The minimum atomic E-state index is -3.92. The van der Waals surface area contributed by atoms with Crippen molar-refractivity contribution in [1.82, 2.24) is 30.5 Å². The van der Waals surface area contributed by atoms with E-state index in [0.717, 1.165) is 27.7 Å². The fourth-order valence-electron chi connectivity index (χ4n) is 7.68. The number of benzene rings is 1. The Morgan fingerprint density at radius 1 is 1.11 bits per heavy atom. The summed E-state index contributed by atoms with van der Waals surface area (Å²) in [7, 11) is -3.92. The molecule has 3 atom stereocenters. The van der Waals surface area contributed by atoms with Gasteiger partial charge in [-0.3, -0.25) is 28.8 Å². The predicted molar refractivity (Wildman–Crippen MR) is 199 cm³/mol. The molecule has 0 spiro atoms. The minimum Gasteiger partial charge on any atom is -0.449 e. The highest BCUT2D eigenvalue weighted by Gasteiger charge is 2.54. The molecule has 3 aliphatic heterocycles. The molecule has 1 saturated heterocycles. The highest BCUT2D eigenvalue weighted by Crippen LogP contribution is 2.39. The number of hydrogen-bond acceptors (Lipinski definition) is 10. The third-order valence-electron chi connectivity index (χ3n) is 10.9.